The molecule has 0 aromatic heterocycles. The fourth-order valence-corrected chi connectivity index (χ4v) is 3.49. The van der Waals surface area contributed by atoms with Gasteiger partial charge in [-0.15, -0.1) is 24.0 Å². The van der Waals surface area contributed by atoms with Crippen LogP contribution in [0.1, 0.15) is 39.7 Å². The third-order valence-corrected chi connectivity index (χ3v) is 4.92. The van der Waals surface area contributed by atoms with Crippen molar-refractivity contribution in [1.82, 2.24) is 15.5 Å². The predicted octanol–water partition coefficient (Wildman–Crippen LogP) is 3.25. The van der Waals surface area contributed by atoms with Crippen LogP contribution in [0.3, 0.4) is 0 Å². The van der Waals surface area contributed by atoms with Gasteiger partial charge in [0.05, 0.1) is 12.2 Å². The Balaban J connectivity index is 0.00000364. The zero-order valence-electron chi connectivity index (χ0n) is 17.5. The minimum Gasteiger partial charge on any atom is -0.373 e. The summed E-state index contributed by atoms with van der Waals surface area (Å²) in [6, 6.07) is 10.6. The second-order valence-corrected chi connectivity index (χ2v) is 7.97. The highest BCUT2D eigenvalue weighted by Gasteiger charge is 2.22. The standard InChI is InChI=1S/C21H36N4O.HI/c1-17-14-25(15-18(2)26-17)13-9-12-23-20(22-5)24-16-21(3,4)19-10-7-6-8-11-19;/h6-8,10-11,17-18H,9,12-16H2,1-5H3,(H2,22,23,24);1H. The molecule has 0 spiro atoms. The summed E-state index contributed by atoms with van der Waals surface area (Å²) in [4.78, 5) is 6.85. The Morgan fingerprint density at radius 1 is 1.15 bits per heavy atom. The van der Waals surface area contributed by atoms with Gasteiger partial charge in [0, 0.05) is 45.2 Å². The molecule has 1 aromatic carbocycles. The highest BCUT2D eigenvalue weighted by atomic mass is 127. The number of aliphatic imine (C=N–C) groups is 1. The van der Waals surface area contributed by atoms with Gasteiger partial charge < -0.3 is 15.4 Å². The zero-order chi connectivity index (χ0) is 19.0. The van der Waals surface area contributed by atoms with E-state index in [1.807, 2.05) is 7.05 Å². The molecule has 5 nitrogen and oxygen atoms in total. The highest BCUT2D eigenvalue weighted by Crippen LogP contribution is 2.21. The van der Waals surface area contributed by atoms with Crippen molar-refractivity contribution in [3.8, 4) is 0 Å². The molecule has 0 bridgehead atoms. The Bertz CT molecular complexity index is 555. The van der Waals surface area contributed by atoms with Gasteiger partial charge in [-0.3, -0.25) is 9.89 Å². The minimum absolute atomic E-state index is 0. The van der Waals surface area contributed by atoms with E-state index >= 15 is 0 Å². The average Bonchev–Trinajstić information content (AvgIpc) is 2.61. The molecule has 1 saturated heterocycles. The first-order valence-electron chi connectivity index (χ1n) is 9.78. The monoisotopic (exact) mass is 488 g/mol. The fraction of sp³-hybridized carbons (Fsp3) is 0.667. The Morgan fingerprint density at radius 3 is 2.37 bits per heavy atom. The van der Waals surface area contributed by atoms with E-state index in [-0.39, 0.29) is 29.4 Å². The normalized spacial score (nSPS) is 21.4. The number of hydrogen-bond acceptors (Lipinski definition) is 3. The lowest BCUT2D eigenvalue weighted by atomic mass is 9.85. The van der Waals surface area contributed by atoms with E-state index in [1.54, 1.807) is 0 Å². The average molecular weight is 488 g/mol. The maximum absolute atomic E-state index is 5.79. The zero-order valence-corrected chi connectivity index (χ0v) is 19.8. The predicted molar refractivity (Wildman–Crippen MR) is 125 cm³/mol. The molecule has 2 unspecified atom stereocenters. The number of nitrogens with one attached hydrogen (secondary N) is 2. The molecule has 27 heavy (non-hydrogen) atoms. The maximum atomic E-state index is 5.79. The van der Waals surface area contributed by atoms with E-state index < -0.39 is 0 Å². The largest absolute Gasteiger partial charge is 0.373 e. The fourth-order valence-electron chi connectivity index (χ4n) is 3.49. The van der Waals surface area contributed by atoms with Crippen LogP contribution in [0, 0.1) is 0 Å². The summed E-state index contributed by atoms with van der Waals surface area (Å²) in [6.07, 6.45) is 1.77. The minimum atomic E-state index is 0. The molecule has 2 N–H and O–H groups in total. The molecule has 1 aliphatic rings. The molecule has 1 aliphatic heterocycles. The van der Waals surface area contributed by atoms with E-state index in [9.17, 15) is 0 Å². The molecule has 2 atom stereocenters. The third kappa shape index (κ3) is 8.35. The van der Waals surface area contributed by atoms with Gasteiger partial charge in [0.1, 0.15) is 0 Å². The van der Waals surface area contributed by atoms with E-state index in [2.05, 4.69) is 78.6 Å². The Labute approximate surface area is 182 Å². The molecule has 1 heterocycles. The van der Waals surface area contributed by atoms with Gasteiger partial charge >= 0.3 is 0 Å². The molecular weight excluding hydrogens is 451 g/mol. The van der Waals surface area contributed by atoms with Crippen molar-refractivity contribution < 1.29 is 4.74 Å². The van der Waals surface area contributed by atoms with Gasteiger partial charge in [0.2, 0.25) is 0 Å². The van der Waals surface area contributed by atoms with Crippen LogP contribution in [0.2, 0.25) is 0 Å². The van der Waals surface area contributed by atoms with Gasteiger partial charge in [-0.25, -0.2) is 0 Å². The first kappa shape index (κ1) is 24.2. The molecule has 0 aliphatic carbocycles. The number of rotatable bonds is 7. The lowest BCUT2D eigenvalue weighted by Gasteiger charge is -2.35. The summed E-state index contributed by atoms with van der Waals surface area (Å²) in [6.45, 7) is 13.7. The van der Waals surface area contributed by atoms with Crippen LogP contribution in [0.25, 0.3) is 0 Å². The summed E-state index contributed by atoms with van der Waals surface area (Å²) >= 11 is 0. The van der Waals surface area contributed by atoms with Gasteiger partial charge in [-0.2, -0.15) is 0 Å². The third-order valence-electron chi connectivity index (χ3n) is 4.92. The van der Waals surface area contributed by atoms with Crippen LogP contribution in [-0.2, 0) is 10.2 Å². The number of guanidine groups is 1. The molecule has 1 aromatic rings. The number of hydrogen-bond donors (Lipinski definition) is 2. The first-order valence-corrected chi connectivity index (χ1v) is 9.78. The second-order valence-electron chi connectivity index (χ2n) is 7.97. The molecular formula is C21H37IN4O. The van der Waals surface area contributed by atoms with Crippen LogP contribution in [0.15, 0.2) is 35.3 Å². The van der Waals surface area contributed by atoms with E-state index in [0.717, 1.165) is 45.1 Å². The van der Waals surface area contributed by atoms with Crippen molar-refractivity contribution in [2.45, 2.75) is 51.7 Å². The van der Waals surface area contributed by atoms with Crippen molar-refractivity contribution >= 4 is 29.9 Å². The van der Waals surface area contributed by atoms with Crippen molar-refractivity contribution in [3.05, 3.63) is 35.9 Å². The molecule has 0 saturated carbocycles. The van der Waals surface area contributed by atoms with Crippen molar-refractivity contribution in [2.24, 2.45) is 4.99 Å². The number of ether oxygens (including phenoxy) is 1. The molecule has 2 rings (SSSR count). The van der Waals surface area contributed by atoms with Crippen LogP contribution < -0.4 is 10.6 Å². The Kier molecular flexibility index (Phi) is 10.6. The summed E-state index contributed by atoms with van der Waals surface area (Å²) < 4.78 is 5.79. The van der Waals surface area contributed by atoms with Gasteiger partial charge in [-0.05, 0) is 25.8 Å². The number of morpholine rings is 1. The van der Waals surface area contributed by atoms with Crippen LogP contribution >= 0.6 is 24.0 Å². The summed E-state index contributed by atoms with van der Waals surface area (Å²) in [5.41, 5.74) is 1.39. The van der Waals surface area contributed by atoms with Crippen molar-refractivity contribution in [2.75, 3.05) is 39.8 Å². The topological polar surface area (TPSA) is 48.9 Å². The first-order chi connectivity index (χ1) is 12.4. The highest BCUT2D eigenvalue weighted by molar-refractivity contribution is 14.0. The molecule has 0 amide bonds. The van der Waals surface area contributed by atoms with E-state index in [1.165, 1.54) is 5.56 Å². The van der Waals surface area contributed by atoms with E-state index in [0.29, 0.717) is 12.2 Å². The van der Waals surface area contributed by atoms with Crippen LogP contribution in [-0.4, -0.2) is 62.8 Å². The number of nitrogens with zero attached hydrogens (tertiary/aromatic N) is 2. The number of halogens is 1. The van der Waals surface area contributed by atoms with Crippen LogP contribution in [0.5, 0.6) is 0 Å². The maximum Gasteiger partial charge on any atom is 0.191 e. The number of benzene rings is 1. The van der Waals surface area contributed by atoms with Gasteiger partial charge in [0.25, 0.3) is 0 Å². The van der Waals surface area contributed by atoms with E-state index in [4.69, 9.17) is 4.74 Å². The van der Waals surface area contributed by atoms with Crippen LogP contribution in [0.4, 0.5) is 0 Å². The van der Waals surface area contributed by atoms with Crippen molar-refractivity contribution in [1.29, 1.82) is 0 Å². The smallest absolute Gasteiger partial charge is 0.191 e. The van der Waals surface area contributed by atoms with Gasteiger partial charge in [0.15, 0.2) is 5.96 Å². The van der Waals surface area contributed by atoms with Crippen molar-refractivity contribution in [3.63, 3.8) is 0 Å². The molecule has 154 valence electrons. The Morgan fingerprint density at radius 2 is 1.78 bits per heavy atom. The summed E-state index contributed by atoms with van der Waals surface area (Å²) in [7, 11) is 1.83. The molecule has 0 radical (unpaired) electrons. The molecule has 1 fully saturated rings. The summed E-state index contributed by atoms with van der Waals surface area (Å²) in [5.74, 6) is 0.873. The Hall–Kier alpha value is -0.860. The quantitative estimate of drug-likeness (QED) is 0.268. The van der Waals surface area contributed by atoms with Gasteiger partial charge in [-0.1, -0.05) is 44.2 Å². The SMILES string of the molecule is CN=C(NCCCN1CC(C)OC(C)C1)NCC(C)(C)c1ccccc1.I. The lowest BCUT2D eigenvalue weighted by Crippen LogP contribution is -2.47. The lowest BCUT2D eigenvalue weighted by molar-refractivity contribution is -0.0679. The molecule has 6 heteroatoms. The summed E-state index contributed by atoms with van der Waals surface area (Å²) in [5, 5.41) is 6.90. The second kappa shape index (κ2) is 11.9.